The van der Waals surface area contributed by atoms with Crippen molar-refractivity contribution < 1.29 is 4.74 Å². The number of methoxy groups -OCH3 is 1. The zero-order chi connectivity index (χ0) is 13.4. The van der Waals surface area contributed by atoms with Crippen molar-refractivity contribution in [3.63, 3.8) is 0 Å². The summed E-state index contributed by atoms with van der Waals surface area (Å²) in [4.78, 5) is 22.0. The van der Waals surface area contributed by atoms with Crippen LogP contribution >= 0.6 is 11.3 Å². The van der Waals surface area contributed by atoms with Gasteiger partial charge >= 0.3 is 0 Å². The number of ether oxygens (including phenoxy) is 1. The molecule has 4 nitrogen and oxygen atoms in total. The molecule has 1 N–H and O–H groups in total. The number of rotatable bonds is 3. The maximum Gasteiger partial charge on any atom is 0.259 e. The van der Waals surface area contributed by atoms with E-state index in [0.717, 1.165) is 28.9 Å². The van der Waals surface area contributed by atoms with E-state index in [2.05, 4.69) is 16.9 Å². The van der Waals surface area contributed by atoms with Crippen LogP contribution in [0.5, 0.6) is 0 Å². The average molecular weight is 278 g/mol. The lowest BCUT2D eigenvalue weighted by Crippen LogP contribution is -2.15. The smallest absolute Gasteiger partial charge is 0.259 e. The minimum atomic E-state index is 0.0168. The van der Waals surface area contributed by atoms with Crippen LogP contribution in [0.25, 0.3) is 10.2 Å². The van der Waals surface area contributed by atoms with E-state index in [4.69, 9.17) is 4.74 Å². The van der Waals surface area contributed by atoms with Gasteiger partial charge in [0.25, 0.3) is 5.56 Å². The molecule has 102 valence electrons. The molecule has 0 saturated carbocycles. The first kappa shape index (κ1) is 12.8. The number of nitrogens with zero attached hydrogens (tertiary/aromatic N) is 1. The zero-order valence-corrected chi connectivity index (χ0v) is 12.1. The summed E-state index contributed by atoms with van der Waals surface area (Å²) >= 11 is 1.69. The molecule has 0 amide bonds. The van der Waals surface area contributed by atoms with Crippen molar-refractivity contribution in [3.8, 4) is 0 Å². The molecule has 0 bridgehead atoms. The molecule has 2 heterocycles. The molecule has 1 aliphatic rings. The van der Waals surface area contributed by atoms with E-state index in [-0.39, 0.29) is 5.56 Å². The second-order valence-electron chi connectivity index (χ2n) is 5.29. The maximum absolute atomic E-state index is 12.2. The highest BCUT2D eigenvalue weighted by molar-refractivity contribution is 7.18. The van der Waals surface area contributed by atoms with Gasteiger partial charge in [-0.1, -0.05) is 6.92 Å². The third-order valence-electron chi connectivity index (χ3n) is 3.76. The van der Waals surface area contributed by atoms with Gasteiger partial charge in [-0.05, 0) is 30.7 Å². The number of hydrogen-bond acceptors (Lipinski definition) is 4. The van der Waals surface area contributed by atoms with E-state index >= 15 is 0 Å². The van der Waals surface area contributed by atoms with Crippen LogP contribution in [0.15, 0.2) is 4.79 Å². The molecular weight excluding hydrogens is 260 g/mol. The van der Waals surface area contributed by atoms with E-state index in [0.29, 0.717) is 18.9 Å². The van der Waals surface area contributed by atoms with E-state index < -0.39 is 0 Å². The van der Waals surface area contributed by atoms with Gasteiger partial charge < -0.3 is 9.72 Å². The zero-order valence-electron chi connectivity index (χ0n) is 11.3. The number of H-pyrrole nitrogens is 1. The Morgan fingerprint density at radius 2 is 2.37 bits per heavy atom. The van der Waals surface area contributed by atoms with Gasteiger partial charge in [0.2, 0.25) is 0 Å². The Bertz CT molecular complexity index is 659. The van der Waals surface area contributed by atoms with Crippen molar-refractivity contribution in [2.45, 2.75) is 32.6 Å². The van der Waals surface area contributed by atoms with Crippen molar-refractivity contribution in [1.82, 2.24) is 9.97 Å². The van der Waals surface area contributed by atoms with E-state index in [1.807, 2.05) is 0 Å². The molecule has 0 saturated heterocycles. The largest absolute Gasteiger partial charge is 0.384 e. The topological polar surface area (TPSA) is 55.0 Å². The van der Waals surface area contributed by atoms with Gasteiger partial charge in [0.15, 0.2) is 0 Å². The van der Waals surface area contributed by atoms with Gasteiger partial charge in [0.1, 0.15) is 10.7 Å². The standard InChI is InChI=1S/C14H18N2O2S/c1-8-3-4-9-10(7-8)19-14-12(9)13(17)15-11(16-14)5-6-18-2/h8H,3-7H2,1-2H3,(H,15,16,17). The van der Waals surface area contributed by atoms with Crippen molar-refractivity contribution in [2.75, 3.05) is 13.7 Å². The fraction of sp³-hybridized carbons (Fsp3) is 0.571. The molecule has 2 aromatic rings. The normalized spacial score (nSPS) is 18.7. The number of fused-ring (bicyclic) bond motifs is 3. The third-order valence-corrected chi connectivity index (χ3v) is 4.91. The Kier molecular flexibility index (Phi) is 3.41. The van der Waals surface area contributed by atoms with Gasteiger partial charge in [0.05, 0.1) is 12.0 Å². The highest BCUT2D eigenvalue weighted by atomic mass is 32.1. The SMILES string of the molecule is COCCc1nc2sc3c(c2c(=O)[nH]1)CCC(C)C3. The Morgan fingerprint density at radius 3 is 3.16 bits per heavy atom. The van der Waals surface area contributed by atoms with Crippen molar-refractivity contribution >= 4 is 21.6 Å². The predicted octanol–water partition coefficient (Wildman–Crippen LogP) is 2.30. The van der Waals surface area contributed by atoms with E-state index in [9.17, 15) is 4.79 Å². The summed E-state index contributed by atoms with van der Waals surface area (Å²) in [5.41, 5.74) is 1.26. The lowest BCUT2D eigenvalue weighted by molar-refractivity contribution is 0.200. The summed E-state index contributed by atoms with van der Waals surface area (Å²) < 4.78 is 5.03. The summed E-state index contributed by atoms with van der Waals surface area (Å²) in [7, 11) is 1.65. The van der Waals surface area contributed by atoms with E-state index in [1.165, 1.54) is 16.9 Å². The summed E-state index contributed by atoms with van der Waals surface area (Å²) in [6.07, 6.45) is 3.92. The Morgan fingerprint density at radius 1 is 1.53 bits per heavy atom. The van der Waals surface area contributed by atoms with Crippen LogP contribution in [0.1, 0.15) is 29.6 Å². The number of nitrogens with one attached hydrogen (secondary N) is 1. The Balaban J connectivity index is 2.09. The quantitative estimate of drug-likeness (QED) is 0.937. The molecule has 0 fully saturated rings. The molecule has 5 heteroatoms. The summed E-state index contributed by atoms with van der Waals surface area (Å²) in [5.74, 6) is 1.44. The lowest BCUT2D eigenvalue weighted by Gasteiger charge is -2.17. The van der Waals surface area contributed by atoms with Crippen molar-refractivity contribution in [2.24, 2.45) is 5.92 Å². The van der Waals surface area contributed by atoms with Gasteiger partial charge in [-0.2, -0.15) is 0 Å². The first-order chi connectivity index (χ1) is 9.19. The van der Waals surface area contributed by atoms with Crippen LogP contribution in [0.3, 0.4) is 0 Å². The van der Waals surface area contributed by atoms with E-state index in [1.54, 1.807) is 18.4 Å². The number of hydrogen-bond donors (Lipinski definition) is 1. The predicted molar refractivity (Wildman–Crippen MR) is 77.0 cm³/mol. The molecule has 0 spiro atoms. The summed E-state index contributed by atoms with van der Waals surface area (Å²) in [5, 5.41) is 0.827. The van der Waals surface area contributed by atoms with Crippen LogP contribution in [-0.2, 0) is 24.0 Å². The monoisotopic (exact) mass is 278 g/mol. The molecule has 3 rings (SSSR count). The number of aromatic amines is 1. The van der Waals surface area contributed by atoms with Crippen molar-refractivity contribution in [1.29, 1.82) is 0 Å². The first-order valence-corrected chi connectivity index (χ1v) is 7.53. The molecule has 1 atom stereocenters. The molecule has 0 radical (unpaired) electrons. The minimum Gasteiger partial charge on any atom is -0.384 e. The second kappa shape index (κ2) is 5.06. The van der Waals surface area contributed by atoms with Gasteiger partial charge in [-0.25, -0.2) is 4.98 Å². The lowest BCUT2D eigenvalue weighted by atomic mass is 9.89. The molecule has 19 heavy (non-hydrogen) atoms. The minimum absolute atomic E-state index is 0.0168. The third kappa shape index (κ3) is 2.32. The van der Waals surface area contributed by atoms with Crippen LogP contribution in [0, 0.1) is 5.92 Å². The average Bonchev–Trinajstić information content (AvgIpc) is 2.73. The fourth-order valence-electron chi connectivity index (χ4n) is 2.71. The molecular formula is C14H18N2O2S. The van der Waals surface area contributed by atoms with Gasteiger partial charge in [-0.15, -0.1) is 11.3 Å². The number of thiophene rings is 1. The van der Waals surface area contributed by atoms with Crippen LogP contribution < -0.4 is 5.56 Å². The highest BCUT2D eigenvalue weighted by Gasteiger charge is 2.22. The first-order valence-electron chi connectivity index (χ1n) is 6.71. The van der Waals surface area contributed by atoms with Gasteiger partial charge in [-0.3, -0.25) is 4.79 Å². The second-order valence-corrected chi connectivity index (χ2v) is 6.37. The molecule has 1 unspecified atom stereocenters. The maximum atomic E-state index is 12.2. The molecule has 1 aliphatic carbocycles. The fourth-order valence-corrected chi connectivity index (χ4v) is 4.11. The van der Waals surface area contributed by atoms with Crippen LogP contribution in [0.4, 0.5) is 0 Å². The highest BCUT2D eigenvalue weighted by Crippen LogP contribution is 2.35. The number of aromatic nitrogens is 2. The Hall–Kier alpha value is -1.20. The number of aryl methyl sites for hydroxylation is 1. The Labute approximate surface area is 115 Å². The van der Waals surface area contributed by atoms with Crippen molar-refractivity contribution in [3.05, 3.63) is 26.6 Å². The van der Waals surface area contributed by atoms with Gasteiger partial charge in [0, 0.05) is 18.4 Å². The summed E-state index contributed by atoms with van der Waals surface area (Å²) in [6.45, 7) is 2.85. The molecule has 0 aromatic carbocycles. The molecule has 0 aliphatic heterocycles. The summed E-state index contributed by atoms with van der Waals surface area (Å²) in [6, 6.07) is 0. The molecule has 2 aromatic heterocycles. The van der Waals surface area contributed by atoms with Crippen LogP contribution in [-0.4, -0.2) is 23.7 Å². The van der Waals surface area contributed by atoms with Crippen LogP contribution in [0.2, 0.25) is 0 Å².